The molecule has 0 fully saturated rings. The second-order valence-electron chi connectivity index (χ2n) is 9.37. The van der Waals surface area contributed by atoms with Gasteiger partial charge in [-0.3, -0.25) is 0 Å². The average Bonchev–Trinajstić information content (AvgIpc) is 3.22. The monoisotopic (exact) mass is 526 g/mol. The van der Waals surface area contributed by atoms with E-state index in [1.54, 1.807) is 36.4 Å². The molecule has 2 aliphatic carbocycles. The van der Waals surface area contributed by atoms with Gasteiger partial charge in [0.15, 0.2) is 0 Å². The first-order chi connectivity index (χ1) is 15.6. The molecule has 0 radical (unpaired) electrons. The molecule has 5 heteroatoms. The maximum atomic E-state index is 15.0. The van der Waals surface area contributed by atoms with Crippen molar-refractivity contribution in [2.45, 2.75) is 47.8 Å². The third kappa shape index (κ3) is 3.60. The van der Waals surface area contributed by atoms with Crippen LogP contribution in [-0.2, 0) is 21.1 Å². The molecule has 0 amide bonds. The topological polar surface area (TPSA) is 18.5 Å². The standard InChI is InChI=1S/2C8H11.2C6H5FO.Zr/c2*1-6-4-5-7(2)8(6)3;2*7-5-3-1-2-4-6(5)8;/h2*4-5H,1-3H3;2*1-4,8H;/q;;;;+2/p-2. The second kappa shape index (κ2) is 8.51. The summed E-state index contributed by atoms with van der Waals surface area (Å²) in [6, 6.07) is 12.8. The molecule has 33 heavy (non-hydrogen) atoms. The normalized spacial score (nSPS) is 24.7. The van der Waals surface area contributed by atoms with Gasteiger partial charge in [-0.05, 0) is 0 Å². The Morgan fingerprint density at radius 3 is 1.30 bits per heavy atom. The summed E-state index contributed by atoms with van der Waals surface area (Å²) in [5.74, 6) is -0.626. The van der Waals surface area contributed by atoms with E-state index in [2.05, 4.69) is 65.8 Å². The van der Waals surface area contributed by atoms with E-state index in [-0.39, 0.29) is 11.5 Å². The van der Waals surface area contributed by atoms with Crippen LogP contribution in [0.15, 0.2) is 95.1 Å². The van der Waals surface area contributed by atoms with E-state index in [9.17, 15) is 0 Å². The van der Waals surface area contributed by atoms with Crippen molar-refractivity contribution in [2.24, 2.45) is 0 Å². The Labute approximate surface area is 201 Å². The fourth-order valence-electron chi connectivity index (χ4n) is 4.96. The molecule has 0 spiro atoms. The van der Waals surface area contributed by atoms with Crippen LogP contribution in [-0.4, -0.2) is 0 Å². The van der Waals surface area contributed by atoms with E-state index in [4.69, 9.17) is 5.63 Å². The SMILES string of the molecule is CC1=C(C)[C](C)([Zr]([O]c2ccccc2F)([O]c2ccccc2F)[C]2(C)C=CC(C)=C2C)C=C1. The first-order valence-electron chi connectivity index (χ1n) is 11.2. The molecule has 2 aromatic carbocycles. The van der Waals surface area contributed by atoms with Crippen molar-refractivity contribution in [1.82, 2.24) is 0 Å². The number of rotatable bonds is 6. The molecule has 0 N–H and O–H groups in total. The molecule has 0 aromatic heterocycles. The predicted octanol–water partition coefficient (Wildman–Crippen LogP) is 8.58. The van der Waals surface area contributed by atoms with Crippen molar-refractivity contribution >= 4 is 0 Å². The second-order valence-corrected chi connectivity index (χ2v) is 18.5. The fraction of sp³-hybridized carbons (Fsp3) is 0.286. The minimum absolute atomic E-state index is 0.142. The molecule has 0 saturated carbocycles. The summed E-state index contributed by atoms with van der Waals surface area (Å²) >= 11 is -4.81. The molecular formula is C28H30F2O2Zr. The van der Waals surface area contributed by atoms with Crippen LogP contribution < -0.4 is 5.63 Å². The average molecular weight is 528 g/mol. The van der Waals surface area contributed by atoms with E-state index in [1.165, 1.54) is 12.1 Å². The van der Waals surface area contributed by atoms with Crippen LogP contribution in [0.5, 0.6) is 11.5 Å². The number of para-hydroxylation sites is 2. The Hall–Kier alpha value is -2.26. The third-order valence-electron chi connectivity index (χ3n) is 7.62. The Bertz CT molecular complexity index is 1130. The quantitative estimate of drug-likeness (QED) is 0.375. The molecule has 2 nitrogen and oxygen atoms in total. The number of benzene rings is 2. The zero-order valence-corrected chi connectivity index (χ0v) is 22.5. The van der Waals surface area contributed by atoms with Crippen molar-refractivity contribution in [3.8, 4) is 11.5 Å². The van der Waals surface area contributed by atoms with Gasteiger partial charge >= 0.3 is 202 Å². The van der Waals surface area contributed by atoms with E-state index >= 15 is 8.78 Å². The Kier molecular flexibility index (Phi) is 6.16. The number of hydrogen-bond acceptors (Lipinski definition) is 2. The van der Waals surface area contributed by atoms with E-state index in [0.29, 0.717) is 0 Å². The Morgan fingerprint density at radius 2 is 1.00 bits per heavy atom. The van der Waals surface area contributed by atoms with Crippen molar-refractivity contribution < 1.29 is 35.6 Å². The molecule has 4 rings (SSSR count). The van der Waals surface area contributed by atoms with Gasteiger partial charge < -0.3 is 0 Å². The van der Waals surface area contributed by atoms with Crippen LogP contribution in [0.2, 0.25) is 6.25 Å². The summed E-state index contributed by atoms with van der Waals surface area (Å²) < 4.78 is 42.6. The van der Waals surface area contributed by atoms with Gasteiger partial charge in [-0.1, -0.05) is 0 Å². The molecule has 0 bridgehead atoms. The Morgan fingerprint density at radius 1 is 0.636 bits per heavy atom. The predicted molar refractivity (Wildman–Crippen MR) is 126 cm³/mol. The molecule has 2 unspecified atom stereocenters. The first kappa shape index (κ1) is 23.9. The molecule has 2 atom stereocenters. The molecule has 2 aliphatic rings. The van der Waals surface area contributed by atoms with Gasteiger partial charge in [-0.15, -0.1) is 0 Å². The van der Waals surface area contributed by atoms with Crippen LogP contribution in [0, 0.1) is 11.6 Å². The summed E-state index contributed by atoms with van der Waals surface area (Å²) in [4.78, 5) is 0. The zero-order valence-electron chi connectivity index (χ0n) is 20.0. The van der Waals surface area contributed by atoms with Crippen molar-refractivity contribution in [1.29, 1.82) is 0 Å². The molecule has 0 saturated heterocycles. The summed E-state index contributed by atoms with van der Waals surface area (Å²) in [5.41, 5.74) is 4.46. The fourth-order valence-corrected chi connectivity index (χ4v) is 17.0. The van der Waals surface area contributed by atoms with Crippen LogP contribution in [0.25, 0.3) is 0 Å². The van der Waals surface area contributed by atoms with Gasteiger partial charge in [-0.2, -0.15) is 0 Å². The van der Waals surface area contributed by atoms with Crippen molar-refractivity contribution in [3.63, 3.8) is 0 Å². The first-order valence-corrected chi connectivity index (χ1v) is 15.6. The number of hydrogen-bond donors (Lipinski definition) is 0. The summed E-state index contributed by atoms with van der Waals surface area (Å²) in [6.45, 7) is 12.5. The number of allylic oxidation sites excluding steroid dienone is 8. The van der Waals surface area contributed by atoms with Crippen molar-refractivity contribution in [2.75, 3.05) is 0 Å². The van der Waals surface area contributed by atoms with Gasteiger partial charge in [-0.25, -0.2) is 0 Å². The van der Waals surface area contributed by atoms with Crippen LogP contribution in [0.1, 0.15) is 41.5 Å². The molecule has 172 valence electrons. The van der Waals surface area contributed by atoms with Gasteiger partial charge in [0.1, 0.15) is 0 Å². The van der Waals surface area contributed by atoms with Gasteiger partial charge in [0.25, 0.3) is 0 Å². The summed E-state index contributed by atoms with van der Waals surface area (Å²) in [7, 11) is 0. The maximum absolute atomic E-state index is 15.0. The van der Waals surface area contributed by atoms with Crippen LogP contribution >= 0.6 is 0 Å². The van der Waals surface area contributed by atoms with Crippen LogP contribution in [0.3, 0.4) is 0 Å². The van der Waals surface area contributed by atoms with Crippen LogP contribution in [0.4, 0.5) is 8.78 Å². The van der Waals surface area contributed by atoms with E-state index in [1.807, 2.05) is 0 Å². The minimum atomic E-state index is -4.81. The third-order valence-corrected chi connectivity index (χ3v) is 19.5. The number of halogens is 2. The molecule has 2 aromatic rings. The van der Waals surface area contributed by atoms with E-state index < -0.39 is 39.0 Å². The molecule has 0 aliphatic heterocycles. The van der Waals surface area contributed by atoms with Gasteiger partial charge in [0.05, 0.1) is 0 Å². The molecular weight excluding hydrogens is 498 g/mol. The van der Waals surface area contributed by atoms with Gasteiger partial charge in [0, 0.05) is 0 Å². The summed E-state index contributed by atoms with van der Waals surface area (Å²) in [6.07, 6.45) is 8.39. The molecule has 0 heterocycles. The van der Waals surface area contributed by atoms with Crippen molar-refractivity contribution in [3.05, 3.63) is 107 Å². The zero-order chi connectivity index (χ0) is 24.0. The van der Waals surface area contributed by atoms with Gasteiger partial charge in [0.2, 0.25) is 0 Å². The van der Waals surface area contributed by atoms with E-state index in [0.717, 1.165) is 22.3 Å². The summed E-state index contributed by atoms with van der Waals surface area (Å²) in [5, 5.41) is 0. The Balaban J connectivity index is 2.06.